The van der Waals surface area contributed by atoms with E-state index in [0.29, 0.717) is 53.6 Å². The third kappa shape index (κ3) is 7.86. The number of carbonyl (C=O) groups excluding carboxylic acids is 1. The van der Waals surface area contributed by atoms with E-state index in [1.165, 1.54) is 12.1 Å². The fraction of sp³-hybridized carbons (Fsp3) is 0.229. The first-order chi connectivity index (χ1) is 22.8. The van der Waals surface area contributed by atoms with Gasteiger partial charge in [0.2, 0.25) is 5.91 Å². The number of hydrogen-bond acceptors (Lipinski definition) is 10. The zero-order valence-corrected chi connectivity index (χ0v) is 26.9. The van der Waals surface area contributed by atoms with Crippen molar-refractivity contribution in [2.24, 2.45) is 0 Å². The van der Waals surface area contributed by atoms with Gasteiger partial charge in [0.25, 0.3) is 0 Å². The molecule has 1 aromatic heterocycles. The number of sulfone groups is 1. The van der Waals surface area contributed by atoms with Crippen molar-refractivity contribution >= 4 is 44.0 Å². The van der Waals surface area contributed by atoms with E-state index < -0.39 is 15.6 Å². The summed E-state index contributed by atoms with van der Waals surface area (Å²) in [7, 11) is -0.819. The number of nitrogens with one attached hydrogen (secondary N) is 2. The van der Waals surface area contributed by atoms with Crippen molar-refractivity contribution in [3.8, 4) is 11.5 Å². The number of rotatable bonds is 11. The second kappa shape index (κ2) is 14.2. The van der Waals surface area contributed by atoms with Crippen LogP contribution in [-0.2, 0) is 25.1 Å². The second-order valence-electron chi connectivity index (χ2n) is 11.1. The van der Waals surface area contributed by atoms with Gasteiger partial charge in [0.05, 0.1) is 55.1 Å². The van der Waals surface area contributed by atoms with Gasteiger partial charge in [-0.2, -0.15) is 0 Å². The van der Waals surface area contributed by atoms with Crippen LogP contribution in [0.3, 0.4) is 0 Å². The Morgan fingerprint density at radius 3 is 2.30 bits per heavy atom. The second-order valence-corrected chi connectivity index (χ2v) is 13.1. The van der Waals surface area contributed by atoms with E-state index >= 15 is 0 Å². The molecule has 1 aliphatic rings. The molecule has 0 bridgehead atoms. The minimum Gasteiger partial charge on any atom is -0.497 e. The summed E-state index contributed by atoms with van der Waals surface area (Å²) in [4.78, 5) is 24.5. The van der Waals surface area contributed by atoms with E-state index in [9.17, 15) is 13.2 Å². The number of amides is 1. The molecule has 1 atom stereocenters. The summed E-state index contributed by atoms with van der Waals surface area (Å²) in [6.45, 7) is 1.87. The number of carbonyl (C=O) groups is 1. The van der Waals surface area contributed by atoms with Crippen LogP contribution < -0.4 is 20.1 Å². The first-order valence-electron chi connectivity index (χ1n) is 15.1. The molecule has 242 valence electrons. The smallest absolute Gasteiger partial charge is 0.238 e. The van der Waals surface area contributed by atoms with Crippen molar-refractivity contribution in [1.82, 2.24) is 14.9 Å². The Labute approximate surface area is 273 Å². The number of anilines is 3. The molecule has 4 aromatic carbocycles. The Kier molecular flexibility index (Phi) is 9.62. The van der Waals surface area contributed by atoms with Crippen molar-refractivity contribution < 1.29 is 27.4 Å². The lowest BCUT2D eigenvalue weighted by atomic mass is 10.1. The zero-order valence-electron chi connectivity index (χ0n) is 26.0. The first kappa shape index (κ1) is 31.9. The van der Waals surface area contributed by atoms with Crippen molar-refractivity contribution in [2.75, 3.05) is 51.1 Å². The highest BCUT2D eigenvalue weighted by atomic mass is 32.2. The molecular formula is C35H35N5O6S. The number of ether oxygens (including phenoxy) is 3. The molecule has 0 saturated carbocycles. The average molecular weight is 654 g/mol. The normalized spacial score (nSPS) is 15.2. The highest BCUT2D eigenvalue weighted by Gasteiger charge is 2.24. The molecule has 1 fully saturated rings. The van der Waals surface area contributed by atoms with Gasteiger partial charge in [-0.15, -0.1) is 0 Å². The maximum absolute atomic E-state index is 13.8. The third-order valence-electron chi connectivity index (χ3n) is 7.75. The number of fused-ring (bicyclic) bond motifs is 1. The van der Waals surface area contributed by atoms with Gasteiger partial charge in [-0.1, -0.05) is 48.5 Å². The molecule has 6 rings (SSSR count). The molecule has 1 amide bonds. The maximum atomic E-state index is 13.8. The van der Waals surface area contributed by atoms with Crippen molar-refractivity contribution in [2.45, 2.75) is 16.8 Å². The SMILES string of the molecule is COc1cc(Nc2nc3ccccc3nc2CS(=O)(=O)c2cccc(NC(=O)CN3CCOC(c4ccccc4)C3)c2)cc(OC)c1. The lowest BCUT2D eigenvalue weighted by molar-refractivity contribution is -0.119. The van der Waals surface area contributed by atoms with Crippen LogP contribution in [0.15, 0.2) is 102 Å². The van der Waals surface area contributed by atoms with Crippen LogP contribution in [0.2, 0.25) is 0 Å². The van der Waals surface area contributed by atoms with Crippen LogP contribution in [0, 0.1) is 0 Å². The molecular weight excluding hydrogens is 618 g/mol. The molecule has 11 nitrogen and oxygen atoms in total. The van der Waals surface area contributed by atoms with Gasteiger partial charge in [-0.05, 0) is 35.9 Å². The Morgan fingerprint density at radius 1 is 0.872 bits per heavy atom. The molecule has 0 spiro atoms. The Balaban J connectivity index is 1.19. The Morgan fingerprint density at radius 2 is 1.57 bits per heavy atom. The molecule has 2 N–H and O–H groups in total. The van der Waals surface area contributed by atoms with Gasteiger partial charge in [-0.3, -0.25) is 9.69 Å². The van der Waals surface area contributed by atoms with E-state index in [0.717, 1.165) is 5.56 Å². The van der Waals surface area contributed by atoms with Crippen LogP contribution in [0.5, 0.6) is 11.5 Å². The van der Waals surface area contributed by atoms with E-state index in [-0.39, 0.29) is 35.0 Å². The van der Waals surface area contributed by atoms with Crippen molar-refractivity contribution in [3.05, 3.63) is 108 Å². The predicted molar refractivity (Wildman–Crippen MR) is 180 cm³/mol. The van der Waals surface area contributed by atoms with E-state index in [2.05, 4.69) is 15.6 Å². The van der Waals surface area contributed by atoms with Crippen LogP contribution in [-0.4, -0.2) is 69.7 Å². The quantitative estimate of drug-likeness (QED) is 0.192. The van der Waals surface area contributed by atoms with E-state index in [4.69, 9.17) is 19.2 Å². The number of morpholine rings is 1. The highest BCUT2D eigenvalue weighted by molar-refractivity contribution is 7.90. The van der Waals surface area contributed by atoms with Gasteiger partial charge in [0.1, 0.15) is 17.3 Å². The monoisotopic (exact) mass is 653 g/mol. The number of benzene rings is 4. The predicted octanol–water partition coefficient (Wildman–Crippen LogP) is 5.38. The standard InChI is InChI=1S/C35H35N5O6S/c1-44-27-17-26(18-28(20-27)45-2)37-35-32(38-30-13-6-7-14-31(30)39-35)23-47(42,43)29-12-8-11-25(19-29)36-34(41)22-40-15-16-46-33(21-40)24-9-4-3-5-10-24/h3-14,17-20,33H,15-16,21-23H2,1-2H3,(H,36,41)(H,37,39). The van der Waals surface area contributed by atoms with Crippen LogP contribution in [0.25, 0.3) is 11.0 Å². The lowest BCUT2D eigenvalue weighted by Crippen LogP contribution is -2.42. The Bertz CT molecular complexity index is 1970. The lowest BCUT2D eigenvalue weighted by Gasteiger charge is -2.32. The largest absolute Gasteiger partial charge is 0.497 e. The van der Waals surface area contributed by atoms with Gasteiger partial charge in [0.15, 0.2) is 15.7 Å². The first-order valence-corrected chi connectivity index (χ1v) is 16.7. The fourth-order valence-corrected chi connectivity index (χ4v) is 6.72. The summed E-state index contributed by atoms with van der Waals surface area (Å²) in [6.07, 6.45) is -0.116. The number of nitrogens with zero attached hydrogens (tertiary/aromatic N) is 3. The summed E-state index contributed by atoms with van der Waals surface area (Å²) >= 11 is 0. The minimum absolute atomic E-state index is 0.0507. The summed E-state index contributed by atoms with van der Waals surface area (Å²) < 4.78 is 44.3. The number of methoxy groups -OCH3 is 2. The molecule has 47 heavy (non-hydrogen) atoms. The zero-order chi connectivity index (χ0) is 32.8. The van der Waals surface area contributed by atoms with Gasteiger partial charge in [-0.25, -0.2) is 18.4 Å². The topological polar surface area (TPSA) is 132 Å². The third-order valence-corrected chi connectivity index (χ3v) is 9.38. The molecule has 1 aliphatic heterocycles. The van der Waals surface area contributed by atoms with E-state index in [1.807, 2.05) is 53.4 Å². The number of aromatic nitrogens is 2. The van der Waals surface area contributed by atoms with Crippen LogP contribution >= 0.6 is 0 Å². The molecule has 0 aliphatic carbocycles. The molecule has 5 aromatic rings. The Hall–Kier alpha value is -5.04. The molecule has 1 saturated heterocycles. The maximum Gasteiger partial charge on any atom is 0.238 e. The number of hydrogen-bond donors (Lipinski definition) is 2. The fourth-order valence-electron chi connectivity index (χ4n) is 5.40. The molecule has 2 heterocycles. The van der Waals surface area contributed by atoms with Gasteiger partial charge in [0, 0.05) is 42.7 Å². The molecule has 12 heteroatoms. The van der Waals surface area contributed by atoms with Crippen molar-refractivity contribution in [3.63, 3.8) is 0 Å². The average Bonchev–Trinajstić information content (AvgIpc) is 3.08. The summed E-state index contributed by atoms with van der Waals surface area (Å²) in [5, 5.41) is 6.07. The molecule has 1 unspecified atom stereocenters. The molecule has 0 radical (unpaired) electrons. The number of para-hydroxylation sites is 2. The van der Waals surface area contributed by atoms with Crippen LogP contribution in [0.4, 0.5) is 17.2 Å². The van der Waals surface area contributed by atoms with Crippen molar-refractivity contribution in [1.29, 1.82) is 0 Å². The summed E-state index contributed by atoms with van der Waals surface area (Å²) in [5.41, 5.74) is 3.43. The van der Waals surface area contributed by atoms with Gasteiger partial charge >= 0.3 is 0 Å². The minimum atomic E-state index is -3.92. The summed E-state index contributed by atoms with van der Waals surface area (Å²) in [5.74, 6) is 0.720. The van der Waals surface area contributed by atoms with Gasteiger partial charge < -0.3 is 24.8 Å². The van der Waals surface area contributed by atoms with Crippen LogP contribution in [0.1, 0.15) is 17.4 Å². The van der Waals surface area contributed by atoms with E-state index in [1.54, 1.807) is 50.6 Å². The highest BCUT2D eigenvalue weighted by Crippen LogP contribution is 2.31. The summed E-state index contributed by atoms with van der Waals surface area (Å²) in [6, 6.07) is 28.6.